The van der Waals surface area contributed by atoms with Gasteiger partial charge in [0.05, 0.1) is 0 Å². The molecular weight excluding hydrogens is 288 g/mol. The highest BCUT2D eigenvalue weighted by molar-refractivity contribution is 5.95. The van der Waals surface area contributed by atoms with Gasteiger partial charge in [-0.15, -0.1) is 5.73 Å². The lowest BCUT2D eigenvalue weighted by Crippen LogP contribution is -2.29. The number of hydrogen-bond donors (Lipinski definition) is 1. The molecule has 0 spiro atoms. The van der Waals surface area contributed by atoms with Crippen molar-refractivity contribution >= 4 is 17.2 Å². The minimum atomic E-state index is -5.07. The summed E-state index contributed by atoms with van der Waals surface area (Å²) in [5.41, 5.74) is -0.0279. The van der Waals surface area contributed by atoms with Crippen LogP contribution >= 0.6 is 0 Å². The van der Waals surface area contributed by atoms with Gasteiger partial charge in [0.15, 0.2) is 0 Å². The Morgan fingerprint density at radius 3 is 1.85 bits per heavy atom. The molecule has 1 amide bonds. The van der Waals surface area contributed by atoms with E-state index in [1.807, 2.05) is 0 Å². The van der Waals surface area contributed by atoms with Gasteiger partial charge in [-0.05, 0) is 17.7 Å². The Morgan fingerprint density at radius 1 is 1.00 bits per heavy atom. The fraction of sp³-hybridized carbons (Fsp3) is 0.167. The second-order valence-corrected chi connectivity index (χ2v) is 3.58. The van der Waals surface area contributed by atoms with Crippen LogP contribution in [-0.2, 0) is 4.79 Å². The summed E-state index contributed by atoms with van der Waals surface area (Å²) in [5.74, 6) is -2.21. The molecule has 0 unspecified atom stereocenters. The second kappa shape index (κ2) is 5.42. The Morgan fingerprint density at radius 2 is 1.50 bits per heavy atom. The molecule has 108 valence electrons. The van der Waals surface area contributed by atoms with Crippen LogP contribution in [0.4, 0.5) is 32.0 Å². The summed E-state index contributed by atoms with van der Waals surface area (Å²) in [6.07, 6.45) is -9.75. The summed E-state index contributed by atoms with van der Waals surface area (Å²) in [4.78, 5) is 10.6. The van der Waals surface area contributed by atoms with Crippen LogP contribution in [0.2, 0.25) is 0 Å². The molecule has 0 aliphatic carbocycles. The number of anilines is 1. The highest BCUT2D eigenvalue weighted by atomic mass is 19.4. The molecule has 0 atom stereocenters. The predicted molar refractivity (Wildman–Crippen MR) is 59.7 cm³/mol. The molecule has 0 heterocycles. The van der Waals surface area contributed by atoms with Gasteiger partial charge in [-0.1, -0.05) is 18.7 Å². The maximum absolute atomic E-state index is 12.5. The molecule has 1 aromatic rings. The predicted octanol–water partition coefficient (Wildman–Crippen LogP) is 3.92. The van der Waals surface area contributed by atoms with Crippen molar-refractivity contribution in [2.24, 2.45) is 0 Å². The van der Waals surface area contributed by atoms with E-state index in [0.29, 0.717) is 0 Å². The standard InChI is InChI=1S/C12H7F6NO/c1-2-9(11(13,14)15)7-3-5-8(6-4-7)19-10(20)12(16,17)18/h3-6H,1H2,(H,19,20). The number of alkyl halides is 6. The van der Waals surface area contributed by atoms with Crippen molar-refractivity contribution < 1.29 is 31.1 Å². The van der Waals surface area contributed by atoms with Crippen LogP contribution in [0.3, 0.4) is 0 Å². The largest absolute Gasteiger partial charge is 0.471 e. The molecule has 0 aliphatic rings. The molecule has 20 heavy (non-hydrogen) atoms. The first-order valence-corrected chi connectivity index (χ1v) is 5.01. The van der Waals surface area contributed by atoms with Crippen molar-refractivity contribution in [1.29, 1.82) is 0 Å². The summed E-state index contributed by atoms with van der Waals surface area (Å²) in [7, 11) is 0. The van der Waals surface area contributed by atoms with Gasteiger partial charge in [0.25, 0.3) is 0 Å². The highest BCUT2D eigenvalue weighted by Crippen LogP contribution is 2.33. The lowest BCUT2D eigenvalue weighted by atomic mass is 10.1. The minimum absolute atomic E-state index is 0.276. The van der Waals surface area contributed by atoms with E-state index in [9.17, 15) is 31.1 Å². The van der Waals surface area contributed by atoms with Gasteiger partial charge < -0.3 is 5.32 Å². The number of rotatable bonds is 2. The summed E-state index contributed by atoms with van der Waals surface area (Å²) in [5, 5.41) is 1.51. The zero-order valence-corrected chi connectivity index (χ0v) is 9.69. The number of carbonyl (C=O) groups excluding carboxylic acids is 1. The summed E-state index contributed by atoms with van der Waals surface area (Å²) in [6.45, 7) is 2.91. The van der Waals surface area contributed by atoms with E-state index in [-0.39, 0.29) is 11.3 Å². The van der Waals surface area contributed by atoms with Crippen LogP contribution in [0.25, 0.3) is 5.57 Å². The average molecular weight is 295 g/mol. The number of nitrogens with one attached hydrogen (secondary N) is 1. The molecule has 0 fully saturated rings. The quantitative estimate of drug-likeness (QED) is 0.650. The van der Waals surface area contributed by atoms with Crippen molar-refractivity contribution in [2.75, 3.05) is 5.32 Å². The van der Waals surface area contributed by atoms with E-state index in [4.69, 9.17) is 0 Å². The summed E-state index contributed by atoms with van der Waals surface area (Å²) >= 11 is 0. The molecule has 0 aliphatic heterocycles. The Bertz CT molecular complexity index is 549. The molecule has 1 N–H and O–H groups in total. The summed E-state index contributed by atoms with van der Waals surface area (Å²) < 4.78 is 73.5. The van der Waals surface area contributed by atoms with Crippen LogP contribution in [0.15, 0.2) is 36.6 Å². The van der Waals surface area contributed by atoms with E-state index >= 15 is 0 Å². The van der Waals surface area contributed by atoms with Crippen LogP contribution in [0.5, 0.6) is 0 Å². The normalized spacial score (nSPS) is 11.7. The van der Waals surface area contributed by atoms with Crippen molar-refractivity contribution in [3.05, 3.63) is 42.1 Å². The Balaban J connectivity index is 2.96. The number of amides is 1. The Kier molecular flexibility index (Phi) is 4.29. The van der Waals surface area contributed by atoms with Gasteiger partial charge in [-0.3, -0.25) is 4.79 Å². The van der Waals surface area contributed by atoms with E-state index in [0.717, 1.165) is 24.3 Å². The molecule has 1 rings (SSSR count). The smallest absolute Gasteiger partial charge is 0.318 e. The zero-order chi connectivity index (χ0) is 15.6. The van der Waals surface area contributed by atoms with Gasteiger partial charge in [-0.25, -0.2) is 0 Å². The van der Waals surface area contributed by atoms with Crippen LogP contribution in [0, 0.1) is 0 Å². The molecule has 2 nitrogen and oxygen atoms in total. The van der Waals surface area contributed by atoms with Crippen molar-refractivity contribution in [3.8, 4) is 0 Å². The Hall–Kier alpha value is -2.21. The topological polar surface area (TPSA) is 29.1 Å². The average Bonchev–Trinajstić information content (AvgIpc) is 2.29. The fourth-order valence-electron chi connectivity index (χ4n) is 1.29. The van der Waals surface area contributed by atoms with E-state index in [2.05, 4.69) is 6.58 Å². The number of hydrogen-bond acceptors (Lipinski definition) is 1. The highest BCUT2D eigenvalue weighted by Gasteiger charge is 2.39. The van der Waals surface area contributed by atoms with Crippen LogP contribution in [-0.4, -0.2) is 18.3 Å². The SMILES string of the molecule is C=C=C(c1ccc(NC(=O)C(F)(F)F)cc1)C(F)(F)F. The van der Waals surface area contributed by atoms with E-state index < -0.39 is 23.8 Å². The molecule has 0 aromatic heterocycles. The van der Waals surface area contributed by atoms with Gasteiger partial charge in [0, 0.05) is 5.69 Å². The lowest BCUT2D eigenvalue weighted by Gasteiger charge is -2.11. The number of carbonyl (C=O) groups is 1. The molecule has 0 saturated heterocycles. The Labute approximate surface area is 109 Å². The molecule has 8 heteroatoms. The minimum Gasteiger partial charge on any atom is -0.318 e. The summed E-state index contributed by atoms with van der Waals surface area (Å²) in [6, 6.07) is 3.66. The molecule has 1 aromatic carbocycles. The monoisotopic (exact) mass is 295 g/mol. The van der Waals surface area contributed by atoms with Gasteiger partial charge in [0.2, 0.25) is 0 Å². The zero-order valence-electron chi connectivity index (χ0n) is 9.69. The molecule has 0 bridgehead atoms. The lowest BCUT2D eigenvalue weighted by molar-refractivity contribution is -0.167. The maximum atomic E-state index is 12.5. The first-order valence-electron chi connectivity index (χ1n) is 5.01. The third-order valence-corrected chi connectivity index (χ3v) is 2.15. The third-order valence-electron chi connectivity index (χ3n) is 2.15. The molecule has 0 radical (unpaired) electrons. The van der Waals surface area contributed by atoms with Crippen molar-refractivity contribution in [3.63, 3.8) is 0 Å². The maximum Gasteiger partial charge on any atom is 0.471 e. The van der Waals surface area contributed by atoms with Crippen molar-refractivity contribution in [2.45, 2.75) is 12.4 Å². The molecule has 0 saturated carbocycles. The first-order chi connectivity index (χ1) is 9.05. The van der Waals surface area contributed by atoms with E-state index in [1.165, 1.54) is 5.32 Å². The van der Waals surface area contributed by atoms with Gasteiger partial charge >= 0.3 is 18.3 Å². The number of allylic oxidation sites excluding steroid dienone is 1. The second-order valence-electron chi connectivity index (χ2n) is 3.58. The fourth-order valence-corrected chi connectivity index (χ4v) is 1.29. The number of benzene rings is 1. The van der Waals surface area contributed by atoms with Crippen molar-refractivity contribution in [1.82, 2.24) is 0 Å². The first kappa shape index (κ1) is 15.8. The number of halogens is 6. The van der Waals surface area contributed by atoms with Crippen LogP contribution < -0.4 is 5.32 Å². The van der Waals surface area contributed by atoms with Gasteiger partial charge in [0.1, 0.15) is 5.57 Å². The van der Waals surface area contributed by atoms with Gasteiger partial charge in [-0.2, -0.15) is 26.3 Å². The molecular formula is C12H7F6NO. The third kappa shape index (κ3) is 3.89. The van der Waals surface area contributed by atoms with Crippen LogP contribution in [0.1, 0.15) is 5.56 Å². The van der Waals surface area contributed by atoms with E-state index in [1.54, 1.807) is 5.73 Å².